The highest BCUT2D eigenvalue weighted by atomic mass is 16.3. The molecule has 0 saturated carbocycles. The molecule has 1 aromatic carbocycles. The summed E-state index contributed by atoms with van der Waals surface area (Å²) in [4.78, 5) is 0. The summed E-state index contributed by atoms with van der Waals surface area (Å²) < 4.78 is 2.16. The van der Waals surface area contributed by atoms with Crippen LogP contribution in [0, 0.1) is 0 Å². The third-order valence-corrected chi connectivity index (χ3v) is 2.26. The molecule has 68 valence electrons. The van der Waals surface area contributed by atoms with Crippen LogP contribution in [-0.4, -0.2) is 9.67 Å². The van der Waals surface area contributed by atoms with Crippen molar-refractivity contribution in [1.29, 1.82) is 0 Å². The number of hydrogen-bond donors (Lipinski definition) is 1. The van der Waals surface area contributed by atoms with Gasteiger partial charge < -0.3 is 9.67 Å². The molecule has 2 heteroatoms. The molecule has 0 aliphatic carbocycles. The lowest BCUT2D eigenvalue weighted by molar-refractivity contribution is 0.481. The second-order valence-corrected chi connectivity index (χ2v) is 3.22. The van der Waals surface area contributed by atoms with Crippen LogP contribution in [-0.2, 0) is 6.54 Å². The number of hydrogen-bond acceptors (Lipinski definition) is 1. The number of phenols is 1. The molecule has 0 aliphatic rings. The van der Waals surface area contributed by atoms with Crippen molar-refractivity contribution in [2.24, 2.45) is 0 Å². The van der Waals surface area contributed by atoms with E-state index in [1.807, 2.05) is 24.4 Å². The van der Waals surface area contributed by atoms with Crippen molar-refractivity contribution in [1.82, 2.24) is 4.57 Å². The number of fused-ring (bicyclic) bond motifs is 1. The molecule has 0 spiro atoms. The minimum Gasteiger partial charge on any atom is -0.507 e. The van der Waals surface area contributed by atoms with Gasteiger partial charge in [-0.05, 0) is 24.6 Å². The number of benzene rings is 1. The van der Waals surface area contributed by atoms with Crippen molar-refractivity contribution in [3.8, 4) is 5.75 Å². The van der Waals surface area contributed by atoms with E-state index in [2.05, 4.69) is 11.5 Å². The van der Waals surface area contributed by atoms with Crippen molar-refractivity contribution in [2.75, 3.05) is 0 Å². The molecule has 0 bridgehead atoms. The summed E-state index contributed by atoms with van der Waals surface area (Å²) in [5, 5.41) is 10.5. The van der Waals surface area contributed by atoms with Gasteiger partial charge in [0.25, 0.3) is 0 Å². The largest absolute Gasteiger partial charge is 0.507 e. The maximum atomic E-state index is 9.54. The molecule has 0 fully saturated rings. The summed E-state index contributed by atoms with van der Waals surface area (Å²) in [7, 11) is 0. The number of nitrogens with zero attached hydrogens (tertiary/aromatic N) is 1. The fourth-order valence-electron chi connectivity index (χ4n) is 1.64. The lowest BCUT2D eigenvalue weighted by atomic mass is 10.2. The van der Waals surface area contributed by atoms with Crippen LogP contribution in [0.5, 0.6) is 5.75 Å². The van der Waals surface area contributed by atoms with E-state index in [0.29, 0.717) is 5.75 Å². The minimum atomic E-state index is 0.368. The van der Waals surface area contributed by atoms with Gasteiger partial charge in [0.1, 0.15) is 5.75 Å². The monoisotopic (exact) mass is 175 g/mol. The number of rotatable bonds is 2. The zero-order chi connectivity index (χ0) is 9.26. The van der Waals surface area contributed by atoms with Gasteiger partial charge in [-0.25, -0.2) is 0 Å². The SMILES string of the molecule is CCCn1ccc2c(O)cccc21. The molecular weight excluding hydrogens is 162 g/mol. The van der Waals surface area contributed by atoms with E-state index in [4.69, 9.17) is 0 Å². The maximum Gasteiger partial charge on any atom is 0.124 e. The van der Waals surface area contributed by atoms with Crippen LogP contribution < -0.4 is 0 Å². The van der Waals surface area contributed by atoms with E-state index in [9.17, 15) is 5.11 Å². The van der Waals surface area contributed by atoms with Gasteiger partial charge in [-0.15, -0.1) is 0 Å². The lowest BCUT2D eigenvalue weighted by Crippen LogP contribution is -1.92. The second kappa shape index (κ2) is 3.13. The Hall–Kier alpha value is -1.44. The molecular formula is C11H13NO. The van der Waals surface area contributed by atoms with Crippen LogP contribution >= 0.6 is 0 Å². The first kappa shape index (κ1) is 8.17. The van der Waals surface area contributed by atoms with E-state index < -0.39 is 0 Å². The van der Waals surface area contributed by atoms with Crippen LogP contribution in [0.3, 0.4) is 0 Å². The summed E-state index contributed by atoms with van der Waals surface area (Å²) in [5.41, 5.74) is 1.11. The van der Waals surface area contributed by atoms with Crippen molar-refractivity contribution in [2.45, 2.75) is 19.9 Å². The summed E-state index contributed by atoms with van der Waals surface area (Å²) in [6.07, 6.45) is 3.13. The molecule has 0 saturated heterocycles. The Morgan fingerprint density at radius 2 is 2.15 bits per heavy atom. The topological polar surface area (TPSA) is 25.2 Å². The molecule has 2 rings (SSSR count). The van der Waals surface area contributed by atoms with Crippen molar-refractivity contribution in [3.05, 3.63) is 30.5 Å². The van der Waals surface area contributed by atoms with Gasteiger partial charge >= 0.3 is 0 Å². The molecule has 0 radical (unpaired) electrons. The number of aromatic hydroxyl groups is 1. The molecule has 1 N–H and O–H groups in total. The average Bonchev–Trinajstić information content (AvgIpc) is 2.51. The molecule has 1 heterocycles. The Kier molecular flexibility index (Phi) is 1.97. The first-order valence-electron chi connectivity index (χ1n) is 4.59. The van der Waals surface area contributed by atoms with E-state index >= 15 is 0 Å². The van der Waals surface area contributed by atoms with Crippen LogP contribution in [0.1, 0.15) is 13.3 Å². The highest BCUT2D eigenvalue weighted by Crippen LogP contribution is 2.25. The normalized spacial score (nSPS) is 10.8. The molecule has 0 aliphatic heterocycles. The number of phenolic OH excluding ortho intramolecular Hbond substituents is 1. The van der Waals surface area contributed by atoms with Crippen molar-refractivity contribution >= 4 is 10.9 Å². The van der Waals surface area contributed by atoms with Gasteiger partial charge in [0.2, 0.25) is 0 Å². The summed E-state index contributed by atoms with van der Waals surface area (Å²) >= 11 is 0. The van der Waals surface area contributed by atoms with Gasteiger partial charge in [0.05, 0.1) is 5.52 Å². The van der Waals surface area contributed by atoms with Gasteiger partial charge in [-0.3, -0.25) is 0 Å². The molecule has 2 nitrogen and oxygen atoms in total. The number of aryl methyl sites for hydroxylation is 1. The third-order valence-electron chi connectivity index (χ3n) is 2.26. The quantitative estimate of drug-likeness (QED) is 0.746. The number of aromatic nitrogens is 1. The molecule has 2 aromatic rings. The van der Waals surface area contributed by atoms with Crippen LogP contribution in [0.15, 0.2) is 30.5 Å². The van der Waals surface area contributed by atoms with E-state index in [-0.39, 0.29) is 0 Å². The zero-order valence-electron chi connectivity index (χ0n) is 7.70. The van der Waals surface area contributed by atoms with Gasteiger partial charge in [0.15, 0.2) is 0 Å². The standard InChI is InChI=1S/C11H13NO/c1-2-7-12-8-6-9-10(12)4-3-5-11(9)13/h3-6,8,13H,2,7H2,1H3. The predicted octanol–water partition coefficient (Wildman–Crippen LogP) is 2.76. The van der Waals surface area contributed by atoms with E-state index in [0.717, 1.165) is 23.9 Å². The zero-order valence-corrected chi connectivity index (χ0v) is 7.70. The summed E-state index contributed by atoms with van der Waals surface area (Å²) in [6.45, 7) is 3.15. The van der Waals surface area contributed by atoms with Crippen molar-refractivity contribution < 1.29 is 5.11 Å². The lowest BCUT2D eigenvalue weighted by Gasteiger charge is -2.02. The predicted molar refractivity (Wildman–Crippen MR) is 53.9 cm³/mol. The van der Waals surface area contributed by atoms with E-state index in [1.54, 1.807) is 6.07 Å². The summed E-state index contributed by atoms with van der Waals surface area (Å²) in [6, 6.07) is 7.59. The second-order valence-electron chi connectivity index (χ2n) is 3.22. The first-order chi connectivity index (χ1) is 6.33. The fraction of sp³-hybridized carbons (Fsp3) is 0.273. The molecule has 1 aromatic heterocycles. The van der Waals surface area contributed by atoms with Gasteiger partial charge in [-0.2, -0.15) is 0 Å². The third kappa shape index (κ3) is 1.28. The van der Waals surface area contributed by atoms with Crippen LogP contribution in [0.25, 0.3) is 10.9 Å². The van der Waals surface area contributed by atoms with E-state index in [1.165, 1.54) is 0 Å². The fourth-order valence-corrected chi connectivity index (χ4v) is 1.64. The Bertz CT molecular complexity index is 417. The smallest absolute Gasteiger partial charge is 0.124 e. The summed E-state index contributed by atoms with van der Waals surface area (Å²) in [5.74, 6) is 0.368. The Labute approximate surface area is 77.4 Å². The Morgan fingerprint density at radius 3 is 2.92 bits per heavy atom. The average molecular weight is 175 g/mol. The first-order valence-corrected chi connectivity index (χ1v) is 4.59. The molecule has 0 unspecified atom stereocenters. The van der Waals surface area contributed by atoms with Gasteiger partial charge in [-0.1, -0.05) is 13.0 Å². The Morgan fingerprint density at radius 1 is 1.31 bits per heavy atom. The minimum absolute atomic E-state index is 0.368. The Balaban J connectivity index is 2.61. The van der Waals surface area contributed by atoms with Crippen LogP contribution in [0.4, 0.5) is 0 Å². The molecule has 13 heavy (non-hydrogen) atoms. The highest BCUT2D eigenvalue weighted by molar-refractivity contribution is 5.86. The maximum absolute atomic E-state index is 9.54. The highest BCUT2D eigenvalue weighted by Gasteiger charge is 2.02. The van der Waals surface area contributed by atoms with Gasteiger partial charge in [0, 0.05) is 18.1 Å². The van der Waals surface area contributed by atoms with Crippen LogP contribution in [0.2, 0.25) is 0 Å². The molecule has 0 amide bonds. The van der Waals surface area contributed by atoms with Crippen molar-refractivity contribution in [3.63, 3.8) is 0 Å². The molecule has 0 atom stereocenters.